The number of ether oxygens (including phenoxy) is 1. The van der Waals surface area contributed by atoms with Crippen molar-refractivity contribution < 1.29 is 14.6 Å². The van der Waals surface area contributed by atoms with E-state index in [0.29, 0.717) is 39.2 Å². The number of amides is 1. The van der Waals surface area contributed by atoms with Crippen molar-refractivity contribution in [1.29, 1.82) is 0 Å². The first-order chi connectivity index (χ1) is 14.5. The van der Waals surface area contributed by atoms with Crippen LogP contribution >= 0.6 is 11.6 Å². The van der Waals surface area contributed by atoms with Crippen LogP contribution < -0.4 is 10.5 Å². The Morgan fingerprint density at radius 3 is 2.70 bits per heavy atom. The summed E-state index contributed by atoms with van der Waals surface area (Å²) in [6.45, 7) is 0. The number of halogens is 1. The lowest BCUT2D eigenvalue weighted by molar-refractivity contribution is 0.100. The van der Waals surface area contributed by atoms with Gasteiger partial charge in [0.1, 0.15) is 0 Å². The Balaban J connectivity index is 1.92. The number of nitrogens with two attached hydrogens (primary N) is 1. The number of carbonyl (C=O) groups is 1. The van der Waals surface area contributed by atoms with Gasteiger partial charge in [0.05, 0.1) is 40.8 Å². The minimum absolute atomic E-state index is 0.118. The number of aromatic nitrogens is 2. The molecule has 8 heteroatoms. The van der Waals surface area contributed by atoms with Crippen LogP contribution in [0.1, 0.15) is 21.5 Å². The summed E-state index contributed by atoms with van der Waals surface area (Å²) in [7, 11) is 1.45. The number of aromatic hydroxyl groups is 1. The molecular formula is C22H15ClN4O3. The fraction of sp³-hybridized carbons (Fsp3) is 0.0455. The number of phenols is 1. The Labute approximate surface area is 176 Å². The number of primary amides is 1. The van der Waals surface area contributed by atoms with Crippen LogP contribution in [0.5, 0.6) is 11.5 Å². The molecule has 0 unspecified atom stereocenters. The molecule has 2 aromatic carbocycles. The molecule has 0 fully saturated rings. The highest BCUT2D eigenvalue weighted by atomic mass is 35.5. The highest BCUT2D eigenvalue weighted by molar-refractivity contribution is 6.38. The Kier molecular flexibility index (Phi) is 4.01. The summed E-state index contributed by atoms with van der Waals surface area (Å²) in [4.78, 5) is 17.1. The maximum Gasteiger partial charge on any atom is 0.251 e. The lowest BCUT2D eigenvalue weighted by Gasteiger charge is -2.12. The molecule has 0 radical (unpaired) electrons. The van der Waals surface area contributed by atoms with E-state index < -0.39 is 5.91 Å². The Bertz CT molecular complexity index is 1390. The summed E-state index contributed by atoms with van der Waals surface area (Å²) < 4.78 is 6.82. The molecular weight excluding hydrogens is 404 g/mol. The number of nitrogens with zero attached hydrogens (tertiary/aromatic N) is 3. The van der Waals surface area contributed by atoms with E-state index in [2.05, 4.69) is 5.10 Å². The molecule has 1 amide bonds. The van der Waals surface area contributed by atoms with Gasteiger partial charge in [-0.3, -0.25) is 4.79 Å². The minimum atomic E-state index is -0.578. The van der Waals surface area contributed by atoms with Crippen molar-refractivity contribution in [2.75, 3.05) is 7.11 Å². The zero-order valence-electron chi connectivity index (χ0n) is 15.8. The number of para-hydroxylation sites is 1. The molecule has 4 aromatic rings. The highest BCUT2D eigenvalue weighted by Crippen LogP contribution is 2.43. The van der Waals surface area contributed by atoms with Crippen LogP contribution in [-0.4, -0.2) is 33.4 Å². The minimum Gasteiger partial charge on any atom is -0.503 e. The predicted octanol–water partition coefficient (Wildman–Crippen LogP) is 3.95. The zero-order chi connectivity index (χ0) is 21.0. The summed E-state index contributed by atoms with van der Waals surface area (Å²) in [5.41, 5.74) is 10.5. The van der Waals surface area contributed by atoms with Gasteiger partial charge in [0.25, 0.3) is 5.91 Å². The van der Waals surface area contributed by atoms with Crippen molar-refractivity contribution >= 4 is 34.4 Å². The van der Waals surface area contributed by atoms with Crippen LogP contribution in [0, 0.1) is 0 Å². The van der Waals surface area contributed by atoms with Gasteiger partial charge in [-0.25, -0.2) is 9.51 Å². The molecule has 3 heterocycles. The van der Waals surface area contributed by atoms with E-state index in [1.807, 2.05) is 30.3 Å². The van der Waals surface area contributed by atoms with Gasteiger partial charge in [-0.1, -0.05) is 29.8 Å². The van der Waals surface area contributed by atoms with Crippen LogP contribution in [0.4, 0.5) is 5.69 Å². The highest BCUT2D eigenvalue weighted by Gasteiger charge is 2.27. The van der Waals surface area contributed by atoms with E-state index in [1.54, 1.807) is 22.8 Å². The molecule has 1 aliphatic rings. The average molecular weight is 419 g/mol. The maximum absolute atomic E-state index is 12.2. The summed E-state index contributed by atoms with van der Waals surface area (Å²) in [5.74, 6) is -0.486. The second-order valence-corrected chi connectivity index (χ2v) is 7.15. The standard InChI is InChI=1S/C22H15ClN4O3/c1-30-16-7-6-12(18(23)21(16)28)19-13-8-9-27-20(13)17(14(10-25-27)22(24)29)11-4-2-3-5-15(11)26-19/h2-10,28H,1H3,(H2,24,29). The van der Waals surface area contributed by atoms with Crippen LogP contribution in [0.3, 0.4) is 0 Å². The molecule has 30 heavy (non-hydrogen) atoms. The van der Waals surface area contributed by atoms with Crippen LogP contribution in [0.25, 0.3) is 16.6 Å². The normalized spacial score (nSPS) is 12.3. The molecule has 5 rings (SSSR count). The molecule has 0 bridgehead atoms. The van der Waals surface area contributed by atoms with E-state index in [4.69, 9.17) is 27.1 Å². The zero-order valence-corrected chi connectivity index (χ0v) is 16.5. The second-order valence-electron chi connectivity index (χ2n) is 6.78. The number of methoxy groups -OCH3 is 1. The second kappa shape index (κ2) is 6.60. The number of carbonyl (C=O) groups excluding carboxylic acids is 1. The molecule has 7 nitrogen and oxygen atoms in total. The smallest absolute Gasteiger partial charge is 0.251 e. The molecule has 1 aliphatic heterocycles. The average Bonchev–Trinajstić information content (AvgIpc) is 3.11. The van der Waals surface area contributed by atoms with E-state index in [9.17, 15) is 9.90 Å². The third kappa shape index (κ3) is 2.49. The van der Waals surface area contributed by atoms with Crippen LogP contribution in [0.2, 0.25) is 5.02 Å². The number of rotatable bonds is 3. The SMILES string of the molecule is COc1ccc(C2=Nc3ccccc3-c3c(C(N)=O)cnn4ccc2c34)c(Cl)c1O. The maximum atomic E-state index is 12.2. The van der Waals surface area contributed by atoms with Crippen molar-refractivity contribution in [3.05, 3.63) is 76.6 Å². The Hall–Kier alpha value is -3.84. The monoisotopic (exact) mass is 418 g/mol. The van der Waals surface area contributed by atoms with Crippen LogP contribution in [-0.2, 0) is 0 Å². The van der Waals surface area contributed by atoms with Gasteiger partial charge in [0.2, 0.25) is 0 Å². The van der Waals surface area contributed by atoms with Gasteiger partial charge in [-0.2, -0.15) is 5.10 Å². The fourth-order valence-corrected chi connectivity index (χ4v) is 4.04. The molecule has 0 aliphatic carbocycles. The number of hydrogen-bond acceptors (Lipinski definition) is 5. The van der Waals surface area contributed by atoms with E-state index in [-0.39, 0.29) is 16.5 Å². The fourth-order valence-electron chi connectivity index (χ4n) is 3.79. The Morgan fingerprint density at radius 2 is 1.93 bits per heavy atom. The third-order valence-corrected chi connectivity index (χ3v) is 5.55. The quantitative estimate of drug-likeness (QED) is 0.463. The molecule has 0 saturated carbocycles. The van der Waals surface area contributed by atoms with E-state index >= 15 is 0 Å². The summed E-state index contributed by atoms with van der Waals surface area (Å²) in [5, 5.41) is 14.9. The molecule has 0 saturated heterocycles. The van der Waals surface area contributed by atoms with Gasteiger partial charge >= 0.3 is 0 Å². The largest absolute Gasteiger partial charge is 0.503 e. The Morgan fingerprint density at radius 1 is 1.13 bits per heavy atom. The van der Waals surface area contributed by atoms with Gasteiger partial charge in [-0.05, 0) is 24.3 Å². The van der Waals surface area contributed by atoms with Gasteiger partial charge in [0.15, 0.2) is 11.5 Å². The van der Waals surface area contributed by atoms with E-state index in [0.717, 1.165) is 5.56 Å². The number of benzene rings is 2. The molecule has 3 N–H and O–H groups in total. The summed E-state index contributed by atoms with van der Waals surface area (Å²) in [6.07, 6.45) is 3.24. The van der Waals surface area contributed by atoms with Crippen molar-refractivity contribution in [2.45, 2.75) is 0 Å². The molecule has 0 atom stereocenters. The van der Waals surface area contributed by atoms with Crippen LogP contribution in [0.15, 0.2) is 59.9 Å². The summed E-state index contributed by atoms with van der Waals surface area (Å²) >= 11 is 6.49. The van der Waals surface area contributed by atoms with Crippen molar-refractivity contribution in [3.63, 3.8) is 0 Å². The first kappa shape index (κ1) is 18.2. The number of aliphatic imine (C=N–C) groups is 1. The number of phenolic OH excluding ortho intramolecular Hbond substituents is 1. The molecule has 2 aromatic heterocycles. The van der Waals surface area contributed by atoms with E-state index in [1.165, 1.54) is 13.3 Å². The number of fused-ring (bicyclic) bond motifs is 2. The first-order valence-electron chi connectivity index (χ1n) is 9.05. The molecule has 0 spiro atoms. The third-order valence-electron chi connectivity index (χ3n) is 5.16. The lowest BCUT2D eigenvalue weighted by Crippen LogP contribution is -2.14. The van der Waals surface area contributed by atoms with Gasteiger partial charge in [-0.15, -0.1) is 0 Å². The van der Waals surface area contributed by atoms with Crippen molar-refractivity contribution in [1.82, 2.24) is 9.61 Å². The first-order valence-corrected chi connectivity index (χ1v) is 9.43. The van der Waals surface area contributed by atoms with Crippen molar-refractivity contribution in [2.24, 2.45) is 10.7 Å². The topological polar surface area (TPSA) is 102 Å². The molecule has 148 valence electrons. The predicted molar refractivity (Wildman–Crippen MR) is 114 cm³/mol. The number of hydrogen-bond donors (Lipinski definition) is 2. The summed E-state index contributed by atoms with van der Waals surface area (Å²) in [6, 6.07) is 12.7. The lowest BCUT2D eigenvalue weighted by atomic mass is 9.96. The van der Waals surface area contributed by atoms with Crippen molar-refractivity contribution in [3.8, 4) is 22.6 Å². The van der Waals surface area contributed by atoms with Gasteiger partial charge in [0, 0.05) is 28.5 Å². The van der Waals surface area contributed by atoms with Gasteiger partial charge < -0.3 is 15.6 Å².